The molecular formula is C20H16N2O2S. The summed E-state index contributed by atoms with van der Waals surface area (Å²) in [6.45, 7) is 4.11. The summed E-state index contributed by atoms with van der Waals surface area (Å²) in [7, 11) is 0. The van der Waals surface area contributed by atoms with Gasteiger partial charge in [0, 0.05) is 11.3 Å². The highest BCUT2D eigenvalue weighted by atomic mass is 32.1. The molecule has 4 nitrogen and oxygen atoms in total. The molecule has 1 amide bonds. The molecule has 0 saturated carbocycles. The molecule has 2 heterocycles. The molecule has 1 N–H and O–H groups in total. The molecule has 25 heavy (non-hydrogen) atoms. The van der Waals surface area contributed by atoms with E-state index < -0.39 is 0 Å². The summed E-state index contributed by atoms with van der Waals surface area (Å²) in [5.74, 6) is 0.468. The maximum atomic E-state index is 12.2. The first kappa shape index (κ1) is 15.6. The van der Waals surface area contributed by atoms with Crippen LogP contribution in [-0.2, 0) is 0 Å². The molecule has 0 spiro atoms. The SMILES string of the molecule is Cc1cc(C)cc(-c2nc3cc(NC(=O)c4cccs4)ccc3o2)c1. The highest BCUT2D eigenvalue weighted by molar-refractivity contribution is 7.12. The fourth-order valence-electron chi connectivity index (χ4n) is 2.83. The van der Waals surface area contributed by atoms with E-state index in [2.05, 4.69) is 42.3 Å². The number of aromatic nitrogens is 1. The van der Waals surface area contributed by atoms with Crippen LogP contribution in [0.15, 0.2) is 58.3 Å². The van der Waals surface area contributed by atoms with Crippen LogP contribution in [0.4, 0.5) is 5.69 Å². The number of thiophene rings is 1. The van der Waals surface area contributed by atoms with Crippen molar-refractivity contribution < 1.29 is 9.21 Å². The fourth-order valence-corrected chi connectivity index (χ4v) is 3.45. The number of carbonyl (C=O) groups excluding carboxylic acids is 1. The first-order valence-corrected chi connectivity index (χ1v) is 8.80. The Balaban J connectivity index is 1.66. The van der Waals surface area contributed by atoms with E-state index in [0.717, 1.165) is 11.1 Å². The Kier molecular flexibility index (Phi) is 3.86. The van der Waals surface area contributed by atoms with E-state index in [9.17, 15) is 4.79 Å². The van der Waals surface area contributed by atoms with Gasteiger partial charge >= 0.3 is 0 Å². The molecular weight excluding hydrogens is 332 g/mol. The van der Waals surface area contributed by atoms with Crippen LogP contribution in [0.1, 0.15) is 20.8 Å². The Morgan fingerprint density at radius 1 is 1.08 bits per heavy atom. The number of rotatable bonds is 3. The van der Waals surface area contributed by atoms with E-state index in [1.807, 2.05) is 29.6 Å². The summed E-state index contributed by atoms with van der Waals surface area (Å²) < 4.78 is 5.87. The summed E-state index contributed by atoms with van der Waals surface area (Å²) >= 11 is 1.41. The van der Waals surface area contributed by atoms with Gasteiger partial charge in [-0.25, -0.2) is 4.98 Å². The Hall–Kier alpha value is -2.92. The predicted molar refractivity (Wildman–Crippen MR) is 101 cm³/mol. The number of oxazole rings is 1. The molecule has 5 heteroatoms. The average molecular weight is 348 g/mol. The third kappa shape index (κ3) is 3.19. The van der Waals surface area contributed by atoms with Gasteiger partial charge in [-0.05, 0) is 55.6 Å². The standard InChI is InChI=1S/C20H16N2O2S/c1-12-8-13(2)10-14(9-12)20-22-16-11-15(5-6-17(16)24-20)21-19(23)18-4-3-7-25-18/h3-11H,1-2H3,(H,21,23). The highest BCUT2D eigenvalue weighted by Crippen LogP contribution is 2.27. The highest BCUT2D eigenvalue weighted by Gasteiger charge is 2.12. The largest absolute Gasteiger partial charge is 0.436 e. The molecule has 124 valence electrons. The number of fused-ring (bicyclic) bond motifs is 1. The Labute approximate surface area is 149 Å². The van der Waals surface area contributed by atoms with Gasteiger partial charge in [-0.1, -0.05) is 23.3 Å². The van der Waals surface area contributed by atoms with Crippen molar-refractivity contribution in [3.63, 3.8) is 0 Å². The zero-order valence-electron chi connectivity index (χ0n) is 13.9. The summed E-state index contributed by atoms with van der Waals surface area (Å²) in [6, 6.07) is 15.4. The minimum atomic E-state index is -0.118. The lowest BCUT2D eigenvalue weighted by Crippen LogP contribution is -2.09. The van der Waals surface area contributed by atoms with Crippen molar-refractivity contribution in [3.05, 3.63) is 69.9 Å². The second-order valence-corrected chi connectivity index (χ2v) is 6.96. The summed E-state index contributed by atoms with van der Waals surface area (Å²) in [4.78, 5) is 17.4. The van der Waals surface area contributed by atoms with E-state index >= 15 is 0 Å². The molecule has 0 unspecified atom stereocenters. The molecule has 2 aromatic heterocycles. The van der Waals surface area contributed by atoms with E-state index in [4.69, 9.17) is 4.42 Å². The van der Waals surface area contributed by atoms with Crippen LogP contribution in [0.2, 0.25) is 0 Å². The quantitative estimate of drug-likeness (QED) is 0.537. The average Bonchev–Trinajstić information content (AvgIpc) is 3.23. The maximum absolute atomic E-state index is 12.2. The van der Waals surface area contributed by atoms with Gasteiger partial charge in [0.25, 0.3) is 5.91 Å². The van der Waals surface area contributed by atoms with Gasteiger partial charge in [-0.3, -0.25) is 4.79 Å². The summed E-state index contributed by atoms with van der Waals surface area (Å²) in [5.41, 5.74) is 5.41. The number of aryl methyl sites for hydroxylation is 2. The molecule has 0 aliphatic heterocycles. The Morgan fingerprint density at radius 2 is 1.88 bits per heavy atom. The van der Waals surface area contributed by atoms with Gasteiger partial charge < -0.3 is 9.73 Å². The Morgan fingerprint density at radius 3 is 2.60 bits per heavy atom. The number of hydrogen-bond donors (Lipinski definition) is 1. The van der Waals surface area contributed by atoms with Crippen molar-refractivity contribution >= 4 is 34.0 Å². The van der Waals surface area contributed by atoms with Crippen molar-refractivity contribution in [2.24, 2.45) is 0 Å². The van der Waals surface area contributed by atoms with E-state index in [1.54, 1.807) is 6.07 Å². The molecule has 4 aromatic rings. The van der Waals surface area contributed by atoms with E-state index in [0.29, 0.717) is 22.0 Å². The lowest BCUT2D eigenvalue weighted by molar-refractivity contribution is 0.103. The number of hydrogen-bond acceptors (Lipinski definition) is 4. The van der Waals surface area contributed by atoms with Gasteiger partial charge in [-0.15, -0.1) is 11.3 Å². The van der Waals surface area contributed by atoms with Gasteiger partial charge in [0.05, 0.1) is 4.88 Å². The minimum absolute atomic E-state index is 0.118. The van der Waals surface area contributed by atoms with Crippen molar-refractivity contribution in [1.82, 2.24) is 4.98 Å². The third-order valence-electron chi connectivity index (χ3n) is 3.86. The lowest BCUT2D eigenvalue weighted by atomic mass is 10.1. The molecule has 0 aliphatic rings. The second kappa shape index (κ2) is 6.18. The van der Waals surface area contributed by atoms with E-state index in [1.165, 1.54) is 22.5 Å². The van der Waals surface area contributed by atoms with Gasteiger partial charge in [0.1, 0.15) is 5.52 Å². The topological polar surface area (TPSA) is 55.1 Å². The minimum Gasteiger partial charge on any atom is -0.436 e. The molecule has 0 radical (unpaired) electrons. The van der Waals surface area contributed by atoms with Crippen LogP contribution in [0, 0.1) is 13.8 Å². The van der Waals surface area contributed by atoms with Crippen molar-refractivity contribution in [3.8, 4) is 11.5 Å². The Bertz CT molecular complexity index is 1040. The van der Waals surface area contributed by atoms with Crippen molar-refractivity contribution in [2.45, 2.75) is 13.8 Å². The molecule has 0 saturated heterocycles. The molecule has 0 aliphatic carbocycles. The number of nitrogens with one attached hydrogen (secondary N) is 1. The molecule has 0 atom stereocenters. The predicted octanol–water partition coefficient (Wildman–Crippen LogP) is 5.43. The van der Waals surface area contributed by atoms with Crippen LogP contribution >= 0.6 is 11.3 Å². The smallest absolute Gasteiger partial charge is 0.265 e. The normalized spacial score (nSPS) is 11.0. The van der Waals surface area contributed by atoms with Gasteiger partial charge in [0.2, 0.25) is 5.89 Å². The zero-order chi connectivity index (χ0) is 17.4. The molecule has 2 aromatic carbocycles. The lowest BCUT2D eigenvalue weighted by Gasteiger charge is -2.02. The number of amides is 1. The van der Waals surface area contributed by atoms with E-state index in [-0.39, 0.29) is 5.91 Å². The van der Waals surface area contributed by atoms with Crippen LogP contribution in [0.25, 0.3) is 22.6 Å². The number of carbonyl (C=O) groups is 1. The second-order valence-electron chi connectivity index (χ2n) is 6.01. The summed E-state index contributed by atoms with van der Waals surface area (Å²) in [6.07, 6.45) is 0. The monoisotopic (exact) mass is 348 g/mol. The van der Waals surface area contributed by atoms with Gasteiger partial charge in [0.15, 0.2) is 5.58 Å². The third-order valence-corrected chi connectivity index (χ3v) is 4.73. The van der Waals surface area contributed by atoms with Crippen LogP contribution in [-0.4, -0.2) is 10.9 Å². The first-order chi connectivity index (χ1) is 12.1. The summed E-state index contributed by atoms with van der Waals surface area (Å²) in [5, 5.41) is 4.77. The van der Waals surface area contributed by atoms with Crippen LogP contribution in [0.3, 0.4) is 0 Å². The molecule has 0 bridgehead atoms. The zero-order valence-corrected chi connectivity index (χ0v) is 14.7. The van der Waals surface area contributed by atoms with Crippen LogP contribution in [0.5, 0.6) is 0 Å². The van der Waals surface area contributed by atoms with Crippen molar-refractivity contribution in [1.29, 1.82) is 0 Å². The number of benzene rings is 2. The molecule has 4 rings (SSSR count). The molecule has 0 fully saturated rings. The van der Waals surface area contributed by atoms with Crippen LogP contribution < -0.4 is 5.32 Å². The fraction of sp³-hybridized carbons (Fsp3) is 0.100. The number of nitrogens with zero attached hydrogens (tertiary/aromatic N) is 1. The van der Waals surface area contributed by atoms with Gasteiger partial charge in [-0.2, -0.15) is 0 Å². The maximum Gasteiger partial charge on any atom is 0.265 e. The van der Waals surface area contributed by atoms with Crippen molar-refractivity contribution in [2.75, 3.05) is 5.32 Å². The first-order valence-electron chi connectivity index (χ1n) is 7.92. The number of anilines is 1.